The Morgan fingerprint density at radius 2 is 2.03 bits per heavy atom. The topological polar surface area (TPSA) is 127 Å². The number of rotatable bonds is 5. The highest BCUT2D eigenvalue weighted by molar-refractivity contribution is 5.86. The summed E-state index contributed by atoms with van der Waals surface area (Å²) >= 11 is 0. The van der Waals surface area contributed by atoms with Crippen molar-refractivity contribution in [3.63, 3.8) is 0 Å². The predicted molar refractivity (Wildman–Crippen MR) is 103 cm³/mol. The van der Waals surface area contributed by atoms with E-state index in [0.717, 1.165) is 32.4 Å². The Kier molecular flexibility index (Phi) is 7.28. The molecule has 0 aromatic carbocycles. The van der Waals surface area contributed by atoms with Gasteiger partial charge in [-0.2, -0.15) is 5.26 Å². The Morgan fingerprint density at radius 1 is 1.28 bits per heavy atom. The van der Waals surface area contributed by atoms with Crippen LogP contribution in [0.5, 0.6) is 0 Å². The van der Waals surface area contributed by atoms with Crippen molar-refractivity contribution in [2.24, 2.45) is 5.92 Å². The first-order valence-electron chi connectivity index (χ1n) is 10.4. The normalized spacial score (nSPS) is 27.0. The van der Waals surface area contributed by atoms with Crippen molar-refractivity contribution in [3.8, 4) is 6.07 Å². The van der Waals surface area contributed by atoms with Crippen molar-refractivity contribution in [1.82, 2.24) is 26.0 Å². The minimum absolute atomic E-state index is 0.0813. The molecular formula is C19H30N6O4. The molecule has 3 atom stereocenters. The van der Waals surface area contributed by atoms with Crippen LogP contribution in [0.3, 0.4) is 0 Å². The average Bonchev–Trinajstić information content (AvgIpc) is 3.13. The Bertz CT molecular complexity index is 658. The quantitative estimate of drug-likeness (QED) is 0.573. The third kappa shape index (κ3) is 5.58. The summed E-state index contributed by atoms with van der Waals surface area (Å²) in [6.07, 6.45) is 2.99. The number of carbonyl (C=O) groups is 3. The van der Waals surface area contributed by atoms with Crippen LogP contribution in [0, 0.1) is 17.2 Å². The maximum atomic E-state index is 12.8. The van der Waals surface area contributed by atoms with Crippen molar-refractivity contribution in [2.75, 3.05) is 33.2 Å². The lowest BCUT2D eigenvalue weighted by molar-refractivity contribution is -0.130. The molecule has 3 N–H and O–H groups in total. The van der Waals surface area contributed by atoms with Gasteiger partial charge < -0.3 is 20.3 Å². The van der Waals surface area contributed by atoms with Gasteiger partial charge in [-0.3, -0.25) is 9.59 Å². The fourth-order valence-corrected chi connectivity index (χ4v) is 4.04. The lowest BCUT2D eigenvalue weighted by Gasteiger charge is -2.36. The van der Waals surface area contributed by atoms with Gasteiger partial charge >= 0.3 is 6.09 Å². The van der Waals surface area contributed by atoms with E-state index >= 15 is 0 Å². The van der Waals surface area contributed by atoms with Crippen molar-refractivity contribution in [1.29, 1.82) is 5.26 Å². The molecule has 160 valence electrons. The van der Waals surface area contributed by atoms with Gasteiger partial charge in [0.2, 0.25) is 11.8 Å². The summed E-state index contributed by atoms with van der Waals surface area (Å²) in [5.41, 5.74) is 2.96. The maximum absolute atomic E-state index is 12.8. The minimum Gasteiger partial charge on any atom is -0.445 e. The first-order chi connectivity index (χ1) is 14.0. The van der Waals surface area contributed by atoms with Crippen molar-refractivity contribution in [2.45, 2.75) is 56.7 Å². The van der Waals surface area contributed by atoms with Gasteiger partial charge in [0.05, 0.1) is 6.07 Å². The number of carbonyl (C=O) groups excluding carboxylic acids is 3. The number of piperidine rings is 1. The monoisotopic (exact) mass is 406 g/mol. The van der Waals surface area contributed by atoms with Gasteiger partial charge in [0.25, 0.3) is 0 Å². The molecule has 3 unspecified atom stereocenters. The molecular weight excluding hydrogens is 376 g/mol. The molecule has 3 fully saturated rings. The molecule has 0 aromatic heterocycles. The lowest BCUT2D eigenvalue weighted by Crippen LogP contribution is -2.60. The number of nitrogens with one attached hydrogen (secondary N) is 3. The van der Waals surface area contributed by atoms with E-state index < -0.39 is 24.1 Å². The number of hydrogen-bond donors (Lipinski definition) is 3. The molecule has 10 nitrogen and oxygen atoms in total. The van der Waals surface area contributed by atoms with Crippen molar-refractivity contribution in [3.05, 3.63) is 0 Å². The number of ether oxygens (including phenoxy) is 1. The van der Waals surface area contributed by atoms with Crippen molar-refractivity contribution < 1.29 is 19.1 Å². The number of hydrazine groups is 1. The number of amides is 3. The van der Waals surface area contributed by atoms with E-state index in [4.69, 9.17) is 4.74 Å². The van der Waals surface area contributed by atoms with Crippen LogP contribution in [0.15, 0.2) is 0 Å². The van der Waals surface area contributed by atoms with Crippen LogP contribution >= 0.6 is 0 Å². The third-order valence-electron chi connectivity index (χ3n) is 5.84. The Morgan fingerprint density at radius 3 is 2.69 bits per heavy atom. The van der Waals surface area contributed by atoms with E-state index in [2.05, 4.69) is 27.0 Å². The molecule has 3 amide bonds. The zero-order valence-corrected chi connectivity index (χ0v) is 16.9. The van der Waals surface area contributed by atoms with E-state index in [0.29, 0.717) is 25.9 Å². The molecule has 10 heteroatoms. The molecule has 3 rings (SSSR count). The summed E-state index contributed by atoms with van der Waals surface area (Å²) in [6.45, 7) is 2.91. The molecule has 0 aliphatic carbocycles. The molecule has 0 radical (unpaired) electrons. The van der Waals surface area contributed by atoms with Crippen LogP contribution in [0.1, 0.15) is 38.5 Å². The summed E-state index contributed by atoms with van der Waals surface area (Å²) in [4.78, 5) is 39.4. The summed E-state index contributed by atoms with van der Waals surface area (Å²) in [6, 6.07) is 0.549. The predicted octanol–water partition coefficient (Wildman–Crippen LogP) is -0.279. The fraction of sp³-hybridized carbons (Fsp3) is 0.789. The van der Waals surface area contributed by atoms with Crippen LogP contribution in [-0.2, 0) is 14.3 Å². The second-order valence-electron chi connectivity index (χ2n) is 8.03. The van der Waals surface area contributed by atoms with Gasteiger partial charge in [-0.15, -0.1) is 0 Å². The highest BCUT2D eigenvalue weighted by Gasteiger charge is 2.36. The summed E-state index contributed by atoms with van der Waals surface area (Å²) in [5.74, 6) is -0.750. The van der Waals surface area contributed by atoms with Gasteiger partial charge in [0.15, 0.2) is 0 Å². The third-order valence-corrected chi connectivity index (χ3v) is 5.84. The molecule has 3 heterocycles. The zero-order valence-electron chi connectivity index (χ0n) is 16.9. The Balaban J connectivity index is 1.56. The van der Waals surface area contributed by atoms with Crippen molar-refractivity contribution >= 4 is 17.9 Å². The van der Waals surface area contributed by atoms with Crippen LogP contribution in [0.4, 0.5) is 4.79 Å². The standard InChI is InChI=1S/C19H30N6O4/c1-24-9-5-15(6-10-24)29-19(28)25-16(3-2-7-22-25)18(27)23-14(12-20)11-13-4-8-21-17(13)26/h13-16,22H,2-11H2,1H3,(H,21,26)(H,23,27). The highest BCUT2D eigenvalue weighted by atomic mass is 16.6. The number of nitriles is 1. The SMILES string of the molecule is CN1CCC(OC(=O)N2NCCCC2C(=O)NC(C#N)CC2CCNC2=O)CC1. The second kappa shape index (κ2) is 9.89. The largest absolute Gasteiger partial charge is 0.445 e. The summed E-state index contributed by atoms with van der Waals surface area (Å²) in [5, 5.41) is 16.1. The summed E-state index contributed by atoms with van der Waals surface area (Å²) < 4.78 is 5.61. The zero-order chi connectivity index (χ0) is 20.8. The molecule has 0 saturated carbocycles. The second-order valence-corrected chi connectivity index (χ2v) is 8.03. The molecule has 3 saturated heterocycles. The Labute approximate surface area is 170 Å². The van der Waals surface area contributed by atoms with E-state index in [-0.39, 0.29) is 24.3 Å². The molecule has 0 bridgehead atoms. The van der Waals surface area contributed by atoms with E-state index in [9.17, 15) is 19.6 Å². The van der Waals surface area contributed by atoms with Crippen LogP contribution in [-0.4, -0.2) is 79.2 Å². The van der Waals surface area contributed by atoms with E-state index in [1.807, 2.05) is 7.05 Å². The highest BCUT2D eigenvalue weighted by Crippen LogP contribution is 2.19. The average molecular weight is 406 g/mol. The van der Waals surface area contributed by atoms with Gasteiger partial charge in [-0.1, -0.05) is 0 Å². The number of hydrogen-bond acceptors (Lipinski definition) is 7. The number of likely N-dealkylation sites (tertiary alicyclic amines) is 1. The molecule has 3 aliphatic rings. The van der Waals surface area contributed by atoms with Crippen LogP contribution < -0.4 is 16.1 Å². The van der Waals surface area contributed by atoms with Gasteiger partial charge in [-0.05, 0) is 45.6 Å². The van der Waals surface area contributed by atoms with Gasteiger partial charge in [0.1, 0.15) is 18.2 Å². The first kappa shape index (κ1) is 21.3. The molecule has 3 aliphatic heterocycles. The smallest absolute Gasteiger partial charge is 0.425 e. The fourth-order valence-electron chi connectivity index (χ4n) is 4.04. The Hall–Kier alpha value is -2.38. The van der Waals surface area contributed by atoms with Gasteiger partial charge in [-0.25, -0.2) is 15.2 Å². The van der Waals surface area contributed by atoms with E-state index in [1.165, 1.54) is 5.01 Å². The minimum atomic E-state index is -0.773. The van der Waals surface area contributed by atoms with Gasteiger partial charge in [0, 0.05) is 32.1 Å². The first-order valence-corrected chi connectivity index (χ1v) is 10.4. The van der Waals surface area contributed by atoms with E-state index in [1.54, 1.807) is 0 Å². The lowest BCUT2D eigenvalue weighted by atomic mass is 9.98. The maximum Gasteiger partial charge on any atom is 0.425 e. The van der Waals surface area contributed by atoms with Crippen LogP contribution in [0.2, 0.25) is 0 Å². The molecule has 0 spiro atoms. The van der Waals surface area contributed by atoms with Crippen LogP contribution in [0.25, 0.3) is 0 Å². The summed E-state index contributed by atoms with van der Waals surface area (Å²) in [7, 11) is 2.03. The molecule has 29 heavy (non-hydrogen) atoms. The number of nitrogens with zero attached hydrogens (tertiary/aromatic N) is 3. The molecule has 0 aromatic rings.